The van der Waals surface area contributed by atoms with Gasteiger partial charge in [-0.2, -0.15) is 0 Å². The van der Waals surface area contributed by atoms with Crippen LogP contribution in [0, 0.1) is 6.92 Å². The van der Waals surface area contributed by atoms with E-state index in [0.717, 1.165) is 35.3 Å². The van der Waals surface area contributed by atoms with Crippen LogP contribution in [0.15, 0.2) is 54.6 Å². The van der Waals surface area contributed by atoms with Crippen molar-refractivity contribution >= 4 is 23.8 Å². The van der Waals surface area contributed by atoms with Gasteiger partial charge >= 0.3 is 0 Å². The van der Waals surface area contributed by atoms with Crippen LogP contribution in [0.25, 0.3) is 6.08 Å². The lowest BCUT2D eigenvalue weighted by atomic mass is 9.93. The Morgan fingerprint density at radius 1 is 0.974 bits per heavy atom. The number of aryl methyl sites for hydroxylation is 1. The number of benzene rings is 2. The number of fused-ring (bicyclic) bond motifs is 1. The highest BCUT2D eigenvalue weighted by molar-refractivity contribution is 5.96. The first-order valence-corrected chi connectivity index (χ1v) is 13.8. The zero-order chi connectivity index (χ0) is 27.9. The molecule has 1 fully saturated rings. The normalized spacial score (nSPS) is 22.8. The molecular formula is C31H40N4O4. The number of carbonyl (C=O) groups is 3. The van der Waals surface area contributed by atoms with Crippen molar-refractivity contribution in [3.8, 4) is 5.75 Å². The van der Waals surface area contributed by atoms with E-state index in [1.807, 2.05) is 67.6 Å². The SMILES string of the molecule is Cc1cccc(C[C@@H]2NC(=O)C(C)(C)NC(=O)C3(CCCC3)NCCOc3ccccc3/C=C/CNC2=O)c1. The highest BCUT2D eigenvalue weighted by Gasteiger charge is 2.44. The molecule has 2 aromatic rings. The molecule has 3 amide bonds. The largest absolute Gasteiger partial charge is 0.492 e. The minimum Gasteiger partial charge on any atom is -0.492 e. The molecular weight excluding hydrogens is 492 g/mol. The molecule has 1 atom stereocenters. The maximum atomic E-state index is 13.6. The third kappa shape index (κ3) is 7.26. The fourth-order valence-corrected chi connectivity index (χ4v) is 5.22. The average Bonchev–Trinajstić information content (AvgIpc) is 3.39. The van der Waals surface area contributed by atoms with Gasteiger partial charge < -0.3 is 20.7 Å². The van der Waals surface area contributed by atoms with Crippen LogP contribution in [-0.2, 0) is 20.8 Å². The second-order valence-electron chi connectivity index (χ2n) is 11.0. The number of hydrogen-bond donors (Lipinski definition) is 4. The van der Waals surface area contributed by atoms with Crippen LogP contribution < -0.4 is 26.0 Å². The molecule has 2 aromatic carbocycles. The van der Waals surface area contributed by atoms with E-state index in [1.165, 1.54) is 0 Å². The van der Waals surface area contributed by atoms with Crippen molar-refractivity contribution in [2.24, 2.45) is 0 Å². The molecule has 2 aliphatic rings. The topological polar surface area (TPSA) is 109 Å². The van der Waals surface area contributed by atoms with Crippen molar-refractivity contribution in [2.45, 2.75) is 70.0 Å². The second-order valence-corrected chi connectivity index (χ2v) is 11.0. The zero-order valence-corrected chi connectivity index (χ0v) is 23.1. The van der Waals surface area contributed by atoms with E-state index in [0.29, 0.717) is 32.4 Å². The summed E-state index contributed by atoms with van der Waals surface area (Å²) in [6, 6.07) is 14.8. The van der Waals surface area contributed by atoms with E-state index in [-0.39, 0.29) is 18.4 Å². The Kier molecular flexibility index (Phi) is 9.07. The number of nitrogens with one attached hydrogen (secondary N) is 4. The molecule has 8 heteroatoms. The molecule has 0 radical (unpaired) electrons. The van der Waals surface area contributed by atoms with E-state index < -0.39 is 23.0 Å². The molecule has 8 nitrogen and oxygen atoms in total. The molecule has 4 rings (SSSR count). The molecule has 1 saturated carbocycles. The number of hydrogen-bond acceptors (Lipinski definition) is 5. The summed E-state index contributed by atoms with van der Waals surface area (Å²) in [5.41, 5.74) is 0.928. The van der Waals surface area contributed by atoms with Crippen molar-refractivity contribution in [3.63, 3.8) is 0 Å². The molecule has 4 N–H and O–H groups in total. The molecule has 0 aromatic heterocycles. The van der Waals surface area contributed by atoms with Gasteiger partial charge in [0.2, 0.25) is 17.7 Å². The van der Waals surface area contributed by atoms with Crippen molar-refractivity contribution < 1.29 is 19.1 Å². The Balaban J connectivity index is 1.61. The van der Waals surface area contributed by atoms with Gasteiger partial charge in [0.05, 0.1) is 5.54 Å². The number of rotatable bonds is 2. The van der Waals surface area contributed by atoms with E-state index in [4.69, 9.17) is 4.74 Å². The highest BCUT2D eigenvalue weighted by Crippen LogP contribution is 2.30. The van der Waals surface area contributed by atoms with E-state index in [2.05, 4.69) is 21.3 Å². The van der Waals surface area contributed by atoms with Gasteiger partial charge in [-0.1, -0.05) is 73.0 Å². The summed E-state index contributed by atoms with van der Waals surface area (Å²) < 4.78 is 6.05. The fraction of sp³-hybridized carbons (Fsp3) is 0.452. The standard InChI is InChI=1S/C31H40N4O4/c1-22-10-8-11-23(20-22)21-25-27(36)32-17-9-13-24-12-4-5-14-26(24)39-19-18-33-31(15-6-7-16-31)29(38)35-30(2,3)28(37)34-25/h4-5,8-14,20,25,33H,6-7,15-19,21H2,1-3H3,(H,32,36)(H,34,37)(H,35,38)/b13-9+/t25-/m0/s1. The van der Waals surface area contributed by atoms with Gasteiger partial charge in [0.1, 0.15) is 23.9 Å². The predicted molar refractivity (Wildman–Crippen MR) is 152 cm³/mol. The molecule has 0 bridgehead atoms. The number of carbonyl (C=O) groups excluding carboxylic acids is 3. The van der Waals surface area contributed by atoms with Gasteiger partial charge in [0.15, 0.2) is 0 Å². The fourth-order valence-electron chi connectivity index (χ4n) is 5.22. The maximum Gasteiger partial charge on any atom is 0.245 e. The van der Waals surface area contributed by atoms with Crippen LogP contribution in [0.2, 0.25) is 0 Å². The third-order valence-electron chi connectivity index (χ3n) is 7.46. The van der Waals surface area contributed by atoms with Crippen molar-refractivity contribution in [3.05, 3.63) is 71.3 Å². The summed E-state index contributed by atoms with van der Waals surface area (Å²) >= 11 is 0. The van der Waals surface area contributed by atoms with E-state index in [9.17, 15) is 14.4 Å². The Morgan fingerprint density at radius 3 is 2.51 bits per heavy atom. The van der Waals surface area contributed by atoms with Crippen molar-refractivity contribution in [1.82, 2.24) is 21.3 Å². The van der Waals surface area contributed by atoms with Gasteiger partial charge in [-0.05, 0) is 45.2 Å². The van der Waals surface area contributed by atoms with Crippen molar-refractivity contribution in [2.75, 3.05) is 19.7 Å². The molecule has 1 spiro atoms. The van der Waals surface area contributed by atoms with Crippen molar-refractivity contribution in [1.29, 1.82) is 0 Å². The number of para-hydroxylation sites is 1. The summed E-state index contributed by atoms with van der Waals surface area (Å²) in [6.45, 7) is 6.51. The molecule has 208 valence electrons. The second kappa shape index (κ2) is 12.5. The third-order valence-corrected chi connectivity index (χ3v) is 7.46. The Morgan fingerprint density at radius 2 is 1.74 bits per heavy atom. The van der Waals surface area contributed by atoms with Gasteiger partial charge in [-0.3, -0.25) is 19.7 Å². The highest BCUT2D eigenvalue weighted by atomic mass is 16.5. The summed E-state index contributed by atoms with van der Waals surface area (Å²) in [7, 11) is 0. The van der Waals surface area contributed by atoms with Crippen LogP contribution in [0.5, 0.6) is 5.75 Å². The van der Waals surface area contributed by atoms with E-state index >= 15 is 0 Å². The smallest absolute Gasteiger partial charge is 0.245 e. The Hall–Kier alpha value is -3.65. The first-order valence-electron chi connectivity index (χ1n) is 13.8. The molecule has 0 saturated heterocycles. The molecule has 1 aliphatic carbocycles. The summed E-state index contributed by atoms with van der Waals surface area (Å²) in [4.78, 5) is 40.3. The average molecular weight is 533 g/mol. The monoisotopic (exact) mass is 532 g/mol. The summed E-state index contributed by atoms with van der Waals surface area (Å²) in [5, 5.41) is 12.2. The predicted octanol–water partition coefficient (Wildman–Crippen LogP) is 3.04. The van der Waals surface area contributed by atoms with Gasteiger partial charge in [0, 0.05) is 25.1 Å². The lowest BCUT2D eigenvalue weighted by Crippen LogP contribution is -2.65. The van der Waals surface area contributed by atoms with Crippen LogP contribution >= 0.6 is 0 Å². The number of amides is 3. The maximum absolute atomic E-state index is 13.6. The van der Waals surface area contributed by atoms with Gasteiger partial charge in [-0.15, -0.1) is 0 Å². The van der Waals surface area contributed by atoms with Crippen LogP contribution in [-0.4, -0.2) is 54.5 Å². The minimum absolute atomic E-state index is 0.204. The van der Waals surface area contributed by atoms with Gasteiger partial charge in [0.25, 0.3) is 0 Å². The summed E-state index contributed by atoms with van der Waals surface area (Å²) in [6.07, 6.45) is 7.35. The molecule has 0 unspecified atom stereocenters. The van der Waals surface area contributed by atoms with Crippen LogP contribution in [0.3, 0.4) is 0 Å². The Labute approximate surface area is 231 Å². The number of ether oxygens (including phenoxy) is 1. The van der Waals surface area contributed by atoms with E-state index in [1.54, 1.807) is 13.8 Å². The van der Waals surface area contributed by atoms with Crippen LogP contribution in [0.4, 0.5) is 0 Å². The molecule has 1 aliphatic heterocycles. The first-order chi connectivity index (χ1) is 18.7. The molecule has 39 heavy (non-hydrogen) atoms. The summed E-state index contributed by atoms with van der Waals surface area (Å²) in [5.74, 6) is -0.176. The van der Waals surface area contributed by atoms with Crippen LogP contribution in [0.1, 0.15) is 56.2 Å². The first kappa shape index (κ1) is 28.4. The zero-order valence-electron chi connectivity index (χ0n) is 23.1. The lowest BCUT2D eigenvalue weighted by molar-refractivity contribution is -0.137. The lowest BCUT2D eigenvalue weighted by Gasteiger charge is -2.35. The van der Waals surface area contributed by atoms with Gasteiger partial charge in [-0.25, -0.2) is 0 Å². The minimum atomic E-state index is -1.22. The Bertz CT molecular complexity index is 1220. The molecule has 1 heterocycles. The quantitative estimate of drug-likeness (QED) is 0.476.